The molecule has 1 N–H and O–H groups in total. The number of hydrogen-bond acceptors (Lipinski definition) is 8. The van der Waals surface area contributed by atoms with E-state index >= 15 is 0 Å². The summed E-state index contributed by atoms with van der Waals surface area (Å²) in [4.78, 5) is 23.7. The maximum absolute atomic E-state index is 12.2. The monoisotopic (exact) mass is 447 g/mol. The van der Waals surface area contributed by atoms with E-state index in [1.54, 1.807) is 30.1 Å². The number of carbonyl (C=O) groups excluding carboxylic acids is 1. The second kappa shape index (κ2) is 8.45. The zero-order chi connectivity index (χ0) is 22.9. The second-order valence-electron chi connectivity index (χ2n) is 7.87. The van der Waals surface area contributed by atoms with Crippen LogP contribution in [0.25, 0.3) is 11.2 Å². The molecule has 3 aromatic heterocycles. The molecule has 1 aliphatic rings. The highest BCUT2D eigenvalue weighted by molar-refractivity contribution is 5.98. The van der Waals surface area contributed by atoms with Gasteiger partial charge in [0.1, 0.15) is 11.8 Å². The van der Waals surface area contributed by atoms with Gasteiger partial charge in [-0.1, -0.05) is 0 Å². The third-order valence-electron chi connectivity index (χ3n) is 5.74. The first kappa shape index (κ1) is 20.8. The zero-order valence-corrected chi connectivity index (χ0v) is 18.8. The Morgan fingerprint density at radius 2 is 1.97 bits per heavy atom. The van der Waals surface area contributed by atoms with Crippen LogP contribution in [0.1, 0.15) is 30.1 Å². The summed E-state index contributed by atoms with van der Waals surface area (Å²) in [6, 6.07) is 7.54. The van der Waals surface area contributed by atoms with Crippen molar-refractivity contribution in [2.75, 3.05) is 37.5 Å². The van der Waals surface area contributed by atoms with Crippen LogP contribution in [-0.2, 0) is 0 Å². The molecule has 10 heteroatoms. The summed E-state index contributed by atoms with van der Waals surface area (Å²) < 4.78 is 14.4. The quantitative estimate of drug-likeness (QED) is 0.430. The molecule has 1 aromatic carbocycles. The first-order valence-electron chi connectivity index (χ1n) is 10.8. The minimum atomic E-state index is -0.117. The Morgan fingerprint density at radius 1 is 1.15 bits per heavy atom. The zero-order valence-electron chi connectivity index (χ0n) is 18.8. The highest BCUT2D eigenvalue weighted by Gasteiger charge is 2.19. The van der Waals surface area contributed by atoms with Crippen molar-refractivity contribution in [2.45, 2.75) is 19.8 Å². The summed E-state index contributed by atoms with van der Waals surface area (Å²) >= 11 is 0. The van der Waals surface area contributed by atoms with Gasteiger partial charge in [-0.05, 0) is 38.0 Å². The van der Waals surface area contributed by atoms with Crippen LogP contribution >= 0.6 is 0 Å². The van der Waals surface area contributed by atoms with Gasteiger partial charge in [-0.3, -0.25) is 4.79 Å². The second-order valence-corrected chi connectivity index (χ2v) is 7.87. The van der Waals surface area contributed by atoms with Crippen molar-refractivity contribution in [2.24, 2.45) is 0 Å². The molecule has 1 fully saturated rings. The Bertz CT molecular complexity index is 1320. The van der Waals surface area contributed by atoms with Crippen LogP contribution in [0.2, 0.25) is 0 Å². The number of rotatable bonds is 7. The number of ketones is 1. The smallest absolute Gasteiger partial charge is 0.248 e. The van der Waals surface area contributed by atoms with Crippen LogP contribution in [0, 0.1) is 0 Å². The van der Waals surface area contributed by atoms with Gasteiger partial charge in [0.15, 0.2) is 28.9 Å². The standard InChI is InChI=1S/C23H25N7O3/c1-15(31)17-11-16(12-19(32-2)21(17)33-3)29-13-20(24-14-29)25-23-26-22(28-8-4-5-9-28)18-7-6-10-30(18)27-23/h6-7,10-14H,4-5,8-9H2,1-3H3,(H,25,27). The van der Waals surface area contributed by atoms with E-state index in [-0.39, 0.29) is 5.78 Å². The van der Waals surface area contributed by atoms with Crippen molar-refractivity contribution < 1.29 is 14.3 Å². The molecule has 0 amide bonds. The molecule has 0 spiro atoms. The third kappa shape index (κ3) is 3.84. The number of hydrogen-bond donors (Lipinski definition) is 1. The van der Waals surface area contributed by atoms with Gasteiger partial charge in [-0.2, -0.15) is 4.98 Å². The van der Waals surface area contributed by atoms with Crippen LogP contribution in [0.4, 0.5) is 17.6 Å². The lowest BCUT2D eigenvalue weighted by molar-refractivity contribution is 0.101. The van der Waals surface area contributed by atoms with Crippen molar-refractivity contribution in [1.82, 2.24) is 24.1 Å². The van der Waals surface area contributed by atoms with Crippen LogP contribution in [0.5, 0.6) is 11.5 Å². The number of nitrogens with one attached hydrogen (secondary N) is 1. The largest absolute Gasteiger partial charge is 0.493 e. The molecule has 0 unspecified atom stereocenters. The Hall–Kier alpha value is -4.08. The van der Waals surface area contributed by atoms with Gasteiger partial charge in [-0.25, -0.2) is 9.50 Å². The molecule has 10 nitrogen and oxygen atoms in total. The van der Waals surface area contributed by atoms with Gasteiger partial charge in [0.05, 0.1) is 31.7 Å². The van der Waals surface area contributed by atoms with Crippen molar-refractivity contribution >= 4 is 28.9 Å². The molecule has 0 atom stereocenters. The topological polar surface area (TPSA) is 98.8 Å². The first-order valence-corrected chi connectivity index (χ1v) is 10.8. The molecule has 1 aliphatic heterocycles. The fourth-order valence-corrected chi connectivity index (χ4v) is 4.14. The number of fused-ring (bicyclic) bond motifs is 1. The highest BCUT2D eigenvalue weighted by atomic mass is 16.5. The van der Waals surface area contributed by atoms with Crippen molar-refractivity contribution in [3.05, 3.63) is 48.5 Å². The van der Waals surface area contributed by atoms with E-state index in [0.717, 1.165) is 43.0 Å². The molecule has 1 saturated heterocycles. The van der Waals surface area contributed by atoms with Crippen LogP contribution in [0.3, 0.4) is 0 Å². The van der Waals surface area contributed by atoms with Crippen LogP contribution in [0.15, 0.2) is 43.0 Å². The number of nitrogens with zero attached hydrogens (tertiary/aromatic N) is 6. The number of imidazole rings is 1. The molecule has 0 aliphatic carbocycles. The maximum atomic E-state index is 12.2. The van der Waals surface area contributed by atoms with E-state index in [9.17, 15) is 4.79 Å². The molecule has 33 heavy (non-hydrogen) atoms. The molecular weight excluding hydrogens is 422 g/mol. The minimum absolute atomic E-state index is 0.117. The SMILES string of the molecule is COc1cc(-n2cnc(Nc3nc(N4CCCC4)c4cccn4n3)c2)cc(C(C)=O)c1OC. The number of Topliss-reactive ketones (excluding diaryl/α,β-unsaturated/α-hetero) is 1. The van der Waals surface area contributed by atoms with Gasteiger partial charge in [0.25, 0.3) is 0 Å². The molecule has 5 rings (SSSR count). The predicted octanol–water partition coefficient (Wildman–Crippen LogP) is 3.48. The predicted molar refractivity (Wildman–Crippen MR) is 124 cm³/mol. The van der Waals surface area contributed by atoms with Gasteiger partial charge < -0.3 is 24.3 Å². The minimum Gasteiger partial charge on any atom is -0.493 e. The summed E-state index contributed by atoms with van der Waals surface area (Å²) in [6.45, 7) is 3.47. The number of ether oxygens (including phenoxy) is 2. The highest BCUT2D eigenvalue weighted by Crippen LogP contribution is 2.34. The van der Waals surface area contributed by atoms with Gasteiger partial charge in [0.2, 0.25) is 5.95 Å². The molecule has 0 saturated carbocycles. The number of aromatic nitrogens is 5. The maximum Gasteiger partial charge on any atom is 0.248 e. The van der Waals surface area contributed by atoms with Gasteiger partial charge in [0, 0.05) is 25.4 Å². The molecule has 4 aromatic rings. The summed E-state index contributed by atoms with van der Waals surface area (Å²) in [7, 11) is 3.06. The average molecular weight is 447 g/mol. The van der Waals surface area contributed by atoms with E-state index in [2.05, 4.69) is 20.3 Å². The fourth-order valence-electron chi connectivity index (χ4n) is 4.14. The molecular formula is C23H25N7O3. The van der Waals surface area contributed by atoms with Crippen molar-refractivity contribution in [3.63, 3.8) is 0 Å². The summed E-state index contributed by atoms with van der Waals surface area (Å²) in [5.41, 5.74) is 2.14. The van der Waals surface area contributed by atoms with Gasteiger partial charge >= 0.3 is 0 Å². The molecule has 0 radical (unpaired) electrons. The molecule has 4 heterocycles. The van der Waals surface area contributed by atoms with E-state index in [0.29, 0.717) is 28.8 Å². The van der Waals surface area contributed by atoms with Crippen molar-refractivity contribution in [3.8, 4) is 17.2 Å². The van der Waals surface area contributed by atoms with Crippen molar-refractivity contribution in [1.29, 1.82) is 0 Å². The summed E-state index contributed by atoms with van der Waals surface area (Å²) in [6.07, 6.45) is 7.70. The first-order chi connectivity index (χ1) is 16.1. The van der Waals surface area contributed by atoms with Gasteiger partial charge in [-0.15, -0.1) is 5.10 Å². The van der Waals surface area contributed by atoms with Crippen LogP contribution in [-0.4, -0.2) is 57.2 Å². The summed E-state index contributed by atoms with van der Waals surface area (Å²) in [5, 5.41) is 7.77. The molecule has 0 bridgehead atoms. The number of benzene rings is 1. The van der Waals surface area contributed by atoms with E-state index < -0.39 is 0 Å². The lowest BCUT2D eigenvalue weighted by Crippen LogP contribution is -2.21. The Morgan fingerprint density at radius 3 is 2.70 bits per heavy atom. The Labute approximate surface area is 190 Å². The Kier molecular flexibility index (Phi) is 5.33. The van der Waals surface area contributed by atoms with Crippen LogP contribution < -0.4 is 19.7 Å². The number of carbonyl (C=O) groups is 1. The number of methoxy groups -OCH3 is 2. The average Bonchev–Trinajstić information content (AvgIpc) is 3.59. The summed E-state index contributed by atoms with van der Waals surface area (Å²) in [5.74, 6) is 2.72. The van der Waals surface area contributed by atoms with E-state index in [1.807, 2.05) is 29.0 Å². The lowest BCUT2D eigenvalue weighted by atomic mass is 10.1. The number of anilines is 3. The fraction of sp³-hybridized carbons (Fsp3) is 0.304. The third-order valence-corrected chi connectivity index (χ3v) is 5.74. The Balaban J connectivity index is 1.47. The lowest BCUT2D eigenvalue weighted by Gasteiger charge is -2.18. The van der Waals surface area contributed by atoms with E-state index in [1.165, 1.54) is 14.0 Å². The normalized spacial score (nSPS) is 13.5. The van der Waals surface area contributed by atoms with E-state index in [4.69, 9.17) is 14.5 Å². The molecule has 170 valence electrons.